The third-order valence-corrected chi connectivity index (χ3v) is 6.18. The summed E-state index contributed by atoms with van der Waals surface area (Å²) in [5, 5.41) is 16.5. The molecule has 0 saturated carbocycles. The van der Waals surface area contributed by atoms with Crippen molar-refractivity contribution in [3.63, 3.8) is 0 Å². The van der Waals surface area contributed by atoms with Gasteiger partial charge in [0.15, 0.2) is 11.6 Å². The monoisotopic (exact) mass is 466 g/mol. The third kappa shape index (κ3) is 5.64. The minimum Gasteiger partial charge on any atom is -0.489 e. The number of hydrogen-bond donors (Lipinski definition) is 3. The molecular formula is C26H31ClN4O2. The zero-order valence-electron chi connectivity index (χ0n) is 19.4. The molecule has 2 heterocycles. The van der Waals surface area contributed by atoms with Gasteiger partial charge in [-0.2, -0.15) is 0 Å². The van der Waals surface area contributed by atoms with E-state index in [0.717, 1.165) is 48.5 Å². The molecule has 6 nitrogen and oxygen atoms in total. The zero-order valence-corrected chi connectivity index (χ0v) is 20.1. The Morgan fingerprint density at radius 1 is 1.18 bits per heavy atom. The standard InChI is InChI=1S/C26H31ClN4O2/c1-16(2)33-24-13-21(19-8-10-28-11-9-19)17(3)12-23(24)30-26-22(27)14-29-25(31-26)20-6-4-18(15-32)5-7-20/h4-7,12-14,16,19,28,32H,8-11,15H2,1-3H3,(H,29,30,31). The average Bonchev–Trinajstić information content (AvgIpc) is 2.82. The van der Waals surface area contributed by atoms with Gasteiger partial charge in [-0.15, -0.1) is 0 Å². The van der Waals surface area contributed by atoms with Gasteiger partial charge in [0.25, 0.3) is 0 Å². The highest BCUT2D eigenvalue weighted by molar-refractivity contribution is 6.33. The van der Waals surface area contributed by atoms with Crippen LogP contribution < -0.4 is 15.4 Å². The minimum absolute atomic E-state index is 0.0000949. The quantitative estimate of drug-likeness (QED) is 0.421. The Balaban J connectivity index is 1.67. The summed E-state index contributed by atoms with van der Waals surface area (Å²) in [5.41, 5.74) is 5.09. The fraction of sp³-hybridized carbons (Fsp3) is 0.385. The lowest BCUT2D eigenvalue weighted by Crippen LogP contribution is -2.27. The summed E-state index contributed by atoms with van der Waals surface area (Å²) in [6.07, 6.45) is 3.90. The van der Waals surface area contributed by atoms with Crippen LogP contribution in [0.15, 0.2) is 42.6 Å². The first-order valence-corrected chi connectivity index (χ1v) is 11.8. The highest BCUT2D eigenvalue weighted by atomic mass is 35.5. The Kier molecular flexibility index (Phi) is 7.48. The van der Waals surface area contributed by atoms with E-state index in [1.807, 2.05) is 38.1 Å². The maximum Gasteiger partial charge on any atom is 0.161 e. The highest BCUT2D eigenvalue weighted by Crippen LogP contribution is 2.38. The Hall–Kier alpha value is -2.67. The predicted molar refractivity (Wildman–Crippen MR) is 133 cm³/mol. The second-order valence-corrected chi connectivity index (χ2v) is 9.17. The second-order valence-electron chi connectivity index (χ2n) is 8.77. The highest BCUT2D eigenvalue weighted by Gasteiger charge is 2.21. The van der Waals surface area contributed by atoms with Crippen LogP contribution in [0.2, 0.25) is 5.02 Å². The summed E-state index contributed by atoms with van der Waals surface area (Å²) >= 11 is 6.46. The number of hydrogen-bond acceptors (Lipinski definition) is 6. The van der Waals surface area contributed by atoms with Crippen LogP contribution in [0.5, 0.6) is 5.75 Å². The van der Waals surface area contributed by atoms with Gasteiger partial charge in [-0.25, -0.2) is 9.97 Å². The Labute approximate surface area is 200 Å². The van der Waals surface area contributed by atoms with Crippen molar-refractivity contribution in [3.8, 4) is 17.1 Å². The van der Waals surface area contributed by atoms with Crippen molar-refractivity contribution in [2.24, 2.45) is 0 Å². The van der Waals surface area contributed by atoms with Crippen molar-refractivity contribution in [2.45, 2.75) is 52.2 Å². The molecule has 0 aliphatic carbocycles. The van der Waals surface area contributed by atoms with Crippen LogP contribution in [-0.2, 0) is 6.61 Å². The first-order valence-electron chi connectivity index (χ1n) is 11.5. The van der Waals surface area contributed by atoms with Crippen molar-refractivity contribution >= 4 is 23.1 Å². The van der Waals surface area contributed by atoms with Crippen molar-refractivity contribution in [3.05, 3.63) is 64.3 Å². The number of nitrogens with one attached hydrogen (secondary N) is 2. The molecule has 0 bridgehead atoms. The number of aromatic nitrogens is 2. The Morgan fingerprint density at radius 2 is 1.91 bits per heavy atom. The molecule has 0 radical (unpaired) electrons. The summed E-state index contributed by atoms with van der Waals surface area (Å²) in [6.45, 7) is 8.29. The number of halogens is 1. The maximum absolute atomic E-state index is 9.28. The van der Waals surface area contributed by atoms with Gasteiger partial charge in [0.05, 0.1) is 24.6 Å². The Bertz CT molecular complexity index is 1100. The minimum atomic E-state index is -0.0000949. The molecule has 33 heavy (non-hydrogen) atoms. The van der Waals surface area contributed by atoms with E-state index in [2.05, 4.69) is 39.7 Å². The number of aliphatic hydroxyl groups excluding tert-OH is 1. The average molecular weight is 467 g/mol. The smallest absolute Gasteiger partial charge is 0.161 e. The predicted octanol–water partition coefficient (Wildman–Crippen LogP) is 5.60. The lowest BCUT2D eigenvalue weighted by Gasteiger charge is -2.26. The van der Waals surface area contributed by atoms with E-state index < -0.39 is 0 Å². The molecule has 0 atom stereocenters. The first kappa shape index (κ1) is 23.5. The molecule has 3 aromatic rings. The first-order chi connectivity index (χ1) is 15.9. The van der Waals surface area contributed by atoms with Crippen LogP contribution in [-0.4, -0.2) is 34.3 Å². The lowest BCUT2D eigenvalue weighted by molar-refractivity contribution is 0.243. The number of ether oxygens (including phenoxy) is 1. The van der Waals surface area contributed by atoms with E-state index in [1.165, 1.54) is 11.1 Å². The molecule has 2 aromatic carbocycles. The molecule has 0 unspecified atom stereocenters. The molecule has 174 valence electrons. The van der Waals surface area contributed by atoms with Crippen LogP contribution in [0, 0.1) is 6.92 Å². The number of aryl methyl sites for hydroxylation is 1. The molecule has 1 fully saturated rings. The molecule has 0 amide bonds. The van der Waals surface area contributed by atoms with Crippen molar-refractivity contribution in [1.82, 2.24) is 15.3 Å². The third-order valence-electron chi connectivity index (χ3n) is 5.90. The van der Waals surface area contributed by atoms with Crippen molar-refractivity contribution in [1.29, 1.82) is 0 Å². The van der Waals surface area contributed by atoms with Gasteiger partial charge >= 0.3 is 0 Å². The molecule has 7 heteroatoms. The number of piperidine rings is 1. The Morgan fingerprint density at radius 3 is 2.58 bits per heavy atom. The van der Waals surface area contributed by atoms with Gasteiger partial charge in [-0.3, -0.25) is 0 Å². The van der Waals surface area contributed by atoms with Gasteiger partial charge < -0.3 is 20.5 Å². The molecular weight excluding hydrogens is 436 g/mol. The number of aliphatic hydroxyl groups is 1. The van der Waals surface area contributed by atoms with E-state index in [0.29, 0.717) is 22.6 Å². The summed E-state index contributed by atoms with van der Waals surface area (Å²) in [7, 11) is 0. The fourth-order valence-electron chi connectivity index (χ4n) is 4.21. The van der Waals surface area contributed by atoms with E-state index in [4.69, 9.17) is 16.3 Å². The number of nitrogens with zero attached hydrogens (tertiary/aromatic N) is 2. The topological polar surface area (TPSA) is 79.3 Å². The summed E-state index contributed by atoms with van der Waals surface area (Å²) in [4.78, 5) is 9.06. The van der Waals surface area contributed by atoms with Crippen molar-refractivity contribution < 1.29 is 9.84 Å². The van der Waals surface area contributed by atoms with Gasteiger partial charge in [0.2, 0.25) is 0 Å². The van der Waals surface area contributed by atoms with Crippen LogP contribution in [0.3, 0.4) is 0 Å². The molecule has 1 aromatic heterocycles. The molecule has 3 N–H and O–H groups in total. The SMILES string of the molecule is Cc1cc(Nc2nc(-c3ccc(CO)cc3)ncc2Cl)c(OC(C)C)cc1C1CCNCC1. The van der Waals surface area contributed by atoms with Crippen LogP contribution in [0.1, 0.15) is 49.3 Å². The van der Waals surface area contributed by atoms with Gasteiger partial charge in [-0.05, 0) is 81.4 Å². The molecule has 1 aliphatic heterocycles. The van der Waals surface area contributed by atoms with Gasteiger partial charge in [0.1, 0.15) is 10.8 Å². The number of benzene rings is 2. The normalized spacial score (nSPS) is 14.5. The van der Waals surface area contributed by atoms with Crippen LogP contribution in [0.4, 0.5) is 11.5 Å². The van der Waals surface area contributed by atoms with Crippen LogP contribution in [0.25, 0.3) is 11.4 Å². The summed E-state index contributed by atoms with van der Waals surface area (Å²) in [6, 6.07) is 11.8. The zero-order chi connectivity index (χ0) is 23.4. The van der Waals surface area contributed by atoms with E-state index >= 15 is 0 Å². The second kappa shape index (κ2) is 10.5. The van der Waals surface area contributed by atoms with E-state index in [-0.39, 0.29) is 12.7 Å². The lowest BCUT2D eigenvalue weighted by atomic mass is 9.87. The van der Waals surface area contributed by atoms with Gasteiger partial charge in [-0.1, -0.05) is 35.9 Å². The van der Waals surface area contributed by atoms with Crippen molar-refractivity contribution in [2.75, 3.05) is 18.4 Å². The largest absolute Gasteiger partial charge is 0.489 e. The summed E-state index contributed by atoms with van der Waals surface area (Å²) in [5.74, 6) is 2.41. The van der Waals surface area contributed by atoms with Gasteiger partial charge in [0, 0.05) is 5.56 Å². The maximum atomic E-state index is 9.28. The molecule has 1 saturated heterocycles. The van der Waals surface area contributed by atoms with E-state index in [1.54, 1.807) is 6.20 Å². The summed E-state index contributed by atoms with van der Waals surface area (Å²) < 4.78 is 6.20. The number of anilines is 2. The molecule has 0 spiro atoms. The van der Waals surface area contributed by atoms with E-state index in [9.17, 15) is 5.11 Å². The van der Waals surface area contributed by atoms with Crippen LogP contribution >= 0.6 is 11.6 Å². The molecule has 1 aliphatic rings. The molecule has 4 rings (SSSR count). The fourth-order valence-corrected chi connectivity index (χ4v) is 4.34. The number of rotatable bonds is 7.